The number of nitrogens with one attached hydrogen (secondary N) is 1. The number of amidine groups is 1. The average Bonchev–Trinajstić information content (AvgIpc) is 3.29. The van der Waals surface area contributed by atoms with E-state index in [2.05, 4.69) is 15.0 Å². The summed E-state index contributed by atoms with van der Waals surface area (Å²) >= 11 is 1.49. The Kier molecular flexibility index (Phi) is 3.83. The van der Waals surface area contributed by atoms with Crippen LogP contribution in [-0.4, -0.2) is 27.1 Å². The molecule has 3 heterocycles. The van der Waals surface area contributed by atoms with Crippen LogP contribution in [0.5, 0.6) is 0 Å². The van der Waals surface area contributed by atoms with Crippen LogP contribution in [0.2, 0.25) is 0 Å². The number of aromatic amines is 1. The van der Waals surface area contributed by atoms with Gasteiger partial charge in [0.15, 0.2) is 0 Å². The lowest BCUT2D eigenvalue weighted by atomic mass is 10.1. The molecule has 4 aromatic rings. The fourth-order valence-electron chi connectivity index (χ4n) is 2.69. The first kappa shape index (κ1) is 15.2. The number of thiazole rings is 1. The summed E-state index contributed by atoms with van der Waals surface area (Å²) < 4.78 is 0. The van der Waals surface area contributed by atoms with Crippen molar-refractivity contribution >= 4 is 34.5 Å². The van der Waals surface area contributed by atoms with Gasteiger partial charge >= 0.3 is 0 Å². The van der Waals surface area contributed by atoms with Crippen molar-refractivity contribution in [1.82, 2.24) is 15.0 Å². The highest BCUT2D eigenvalue weighted by atomic mass is 32.1. The first-order chi connectivity index (χ1) is 12.3. The summed E-state index contributed by atoms with van der Waals surface area (Å²) in [5.74, 6) is 0.351. The molecule has 0 atom stereocenters. The number of aromatic nitrogens is 3. The zero-order valence-electron chi connectivity index (χ0n) is 13.2. The second-order valence-corrected chi connectivity index (χ2v) is 6.32. The molecule has 5 N–H and O–H groups in total. The third-order valence-corrected chi connectivity index (χ3v) is 4.92. The van der Waals surface area contributed by atoms with E-state index < -0.39 is 0 Å². The van der Waals surface area contributed by atoms with Gasteiger partial charge in [0.2, 0.25) is 0 Å². The highest BCUT2D eigenvalue weighted by Crippen LogP contribution is 2.36. The van der Waals surface area contributed by atoms with Crippen molar-refractivity contribution in [3.05, 3.63) is 59.7 Å². The maximum Gasteiger partial charge on any atom is 0.279 e. The van der Waals surface area contributed by atoms with Crippen LogP contribution in [-0.2, 0) is 0 Å². The standard InChI is InChI=1S/C18H14N6S/c19-10-23-16(20)15-14(11-4-2-1-3-5-11)24-18(25-15)13-7-9-22-17-12(13)6-8-21-17/h1-10H,(H,21,22)(H3,19,20,23)/p+1. The normalized spacial score (nSPS) is 11.8. The summed E-state index contributed by atoms with van der Waals surface area (Å²) in [6, 6.07) is 13.9. The van der Waals surface area contributed by atoms with Crippen LogP contribution in [0, 0.1) is 0 Å². The molecule has 25 heavy (non-hydrogen) atoms. The number of rotatable bonds is 4. The Morgan fingerprint density at radius 1 is 1.20 bits per heavy atom. The van der Waals surface area contributed by atoms with Gasteiger partial charge in [-0.15, -0.1) is 11.3 Å². The second kappa shape index (κ2) is 6.29. The van der Waals surface area contributed by atoms with Crippen LogP contribution < -0.4 is 11.1 Å². The van der Waals surface area contributed by atoms with Gasteiger partial charge in [0.1, 0.15) is 15.5 Å². The largest absolute Gasteiger partial charge is 0.362 e. The molecule has 6 nitrogen and oxygen atoms in total. The molecule has 0 aliphatic rings. The monoisotopic (exact) mass is 347 g/mol. The van der Waals surface area contributed by atoms with Gasteiger partial charge in [-0.25, -0.2) is 9.97 Å². The molecule has 0 saturated heterocycles. The Bertz CT molecular complexity index is 1080. The highest BCUT2D eigenvalue weighted by Gasteiger charge is 2.20. The molecule has 0 aliphatic heterocycles. The number of hydrogen-bond donors (Lipinski definition) is 3. The van der Waals surface area contributed by atoms with Crippen molar-refractivity contribution in [2.24, 2.45) is 10.7 Å². The van der Waals surface area contributed by atoms with Crippen LogP contribution >= 0.6 is 11.3 Å². The van der Waals surface area contributed by atoms with Crippen LogP contribution in [0.3, 0.4) is 0 Å². The Labute approximate surface area is 147 Å². The Morgan fingerprint density at radius 3 is 2.84 bits per heavy atom. The van der Waals surface area contributed by atoms with E-state index in [0.29, 0.717) is 5.84 Å². The molecule has 0 aliphatic carbocycles. The van der Waals surface area contributed by atoms with E-state index in [1.54, 1.807) is 6.20 Å². The summed E-state index contributed by atoms with van der Waals surface area (Å²) in [5, 5.41) is 7.29. The number of hydrogen-bond acceptors (Lipinski definition) is 3. The lowest BCUT2D eigenvalue weighted by Crippen LogP contribution is -2.30. The molecule has 3 aromatic heterocycles. The second-order valence-electron chi connectivity index (χ2n) is 5.32. The first-order valence-electron chi connectivity index (χ1n) is 7.63. The van der Waals surface area contributed by atoms with Crippen LogP contribution in [0.15, 0.2) is 59.9 Å². The van der Waals surface area contributed by atoms with E-state index in [9.17, 15) is 0 Å². The van der Waals surface area contributed by atoms with Gasteiger partial charge in [-0.1, -0.05) is 30.3 Å². The van der Waals surface area contributed by atoms with Crippen molar-refractivity contribution in [1.29, 1.82) is 0 Å². The molecular formula is C18H15N6S+. The number of nitrogens with zero attached hydrogens (tertiary/aromatic N) is 3. The summed E-state index contributed by atoms with van der Waals surface area (Å²) in [5.41, 5.74) is 9.73. The number of H-pyrrole nitrogens is 1. The molecule has 0 amide bonds. The maximum atomic E-state index is 6.12. The summed E-state index contributed by atoms with van der Waals surface area (Å²) in [6.07, 6.45) is 4.83. The van der Waals surface area contributed by atoms with E-state index in [-0.39, 0.29) is 0 Å². The van der Waals surface area contributed by atoms with E-state index in [1.807, 2.05) is 48.7 Å². The van der Waals surface area contributed by atoms with Gasteiger partial charge in [0.25, 0.3) is 12.2 Å². The molecule has 0 bridgehead atoms. The van der Waals surface area contributed by atoms with E-state index in [0.717, 1.165) is 37.7 Å². The fourth-order valence-corrected chi connectivity index (χ4v) is 3.72. The summed E-state index contributed by atoms with van der Waals surface area (Å²) in [7, 11) is 0. The van der Waals surface area contributed by atoms with Gasteiger partial charge in [0, 0.05) is 28.9 Å². The fraction of sp³-hybridized carbons (Fsp3) is 0. The molecule has 122 valence electrons. The maximum absolute atomic E-state index is 6.12. The van der Waals surface area contributed by atoms with Crippen LogP contribution in [0.25, 0.3) is 32.9 Å². The predicted molar refractivity (Wildman–Crippen MR) is 101 cm³/mol. The summed E-state index contributed by atoms with van der Waals surface area (Å²) in [6.45, 7) is 0. The quantitative estimate of drug-likeness (QED) is 0.387. The molecule has 0 spiro atoms. The molecular weight excluding hydrogens is 332 g/mol. The molecule has 7 heteroatoms. The van der Waals surface area contributed by atoms with Crippen molar-refractivity contribution in [3.8, 4) is 21.8 Å². The minimum atomic E-state index is 0.351. The summed E-state index contributed by atoms with van der Waals surface area (Å²) in [4.78, 5) is 17.1. The first-order valence-corrected chi connectivity index (χ1v) is 8.45. The number of nitrogens with two attached hydrogens (primary N) is 2. The van der Waals surface area contributed by atoms with Crippen molar-refractivity contribution in [2.45, 2.75) is 0 Å². The molecule has 4 rings (SSSR count). The Morgan fingerprint density at radius 2 is 2.04 bits per heavy atom. The molecule has 0 unspecified atom stereocenters. The predicted octanol–water partition coefficient (Wildman–Crippen LogP) is 1.85. The Balaban J connectivity index is 1.95. The molecule has 0 saturated carbocycles. The topological polar surface area (TPSA) is 106 Å². The molecule has 0 radical (unpaired) electrons. The zero-order valence-corrected chi connectivity index (χ0v) is 14.0. The Hall–Kier alpha value is -3.32. The van der Waals surface area contributed by atoms with E-state index >= 15 is 0 Å². The lowest BCUT2D eigenvalue weighted by Gasteiger charge is -1.99. The lowest BCUT2D eigenvalue weighted by molar-refractivity contribution is -0.106. The minimum absolute atomic E-state index is 0.351. The zero-order chi connectivity index (χ0) is 17.2. The van der Waals surface area contributed by atoms with Gasteiger partial charge in [0.05, 0.1) is 5.69 Å². The van der Waals surface area contributed by atoms with Gasteiger partial charge in [-0.2, -0.15) is 0 Å². The van der Waals surface area contributed by atoms with E-state index in [1.165, 1.54) is 17.7 Å². The number of fused-ring (bicyclic) bond motifs is 1. The van der Waals surface area contributed by atoms with Gasteiger partial charge in [-0.3, -0.25) is 5.41 Å². The van der Waals surface area contributed by atoms with Crippen LogP contribution in [0.1, 0.15) is 4.88 Å². The van der Waals surface area contributed by atoms with Crippen molar-refractivity contribution < 1.29 is 5.41 Å². The van der Waals surface area contributed by atoms with Gasteiger partial charge in [-0.05, 0) is 17.1 Å². The third-order valence-electron chi connectivity index (χ3n) is 3.81. The van der Waals surface area contributed by atoms with Crippen molar-refractivity contribution in [2.75, 3.05) is 0 Å². The van der Waals surface area contributed by atoms with Crippen molar-refractivity contribution in [3.63, 3.8) is 0 Å². The van der Waals surface area contributed by atoms with Crippen LogP contribution in [0.4, 0.5) is 0 Å². The number of pyridine rings is 1. The smallest absolute Gasteiger partial charge is 0.279 e. The van der Waals surface area contributed by atoms with E-state index in [4.69, 9.17) is 16.1 Å². The molecule has 1 aromatic carbocycles. The third kappa shape index (κ3) is 2.70. The average molecular weight is 347 g/mol. The molecule has 0 fully saturated rings. The SMILES string of the molecule is NC(=NC=[NH2+])c1sc(-c2ccnc3[nH]ccc23)nc1-c1ccccc1. The number of benzene rings is 1. The highest BCUT2D eigenvalue weighted by molar-refractivity contribution is 7.17. The van der Waals surface area contributed by atoms with Gasteiger partial charge < -0.3 is 10.7 Å². The minimum Gasteiger partial charge on any atom is -0.362 e. The number of aliphatic imine (C=N–C) groups is 1.